The molecule has 2 aromatic carbocycles. The maximum atomic E-state index is 12.5. The Morgan fingerprint density at radius 3 is 2.45 bits per heavy atom. The number of hydrogen-bond donors (Lipinski definition) is 3. The molecule has 0 bridgehead atoms. The average Bonchev–Trinajstić information content (AvgIpc) is 2.75. The van der Waals surface area contributed by atoms with E-state index < -0.39 is 35.8 Å². The van der Waals surface area contributed by atoms with Crippen LogP contribution in [-0.4, -0.2) is 76.3 Å². The van der Waals surface area contributed by atoms with Crippen LogP contribution in [0, 0.1) is 6.92 Å². The number of nitrogens with one attached hydrogen (secondary N) is 2. The van der Waals surface area contributed by atoms with Crippen molar-refractivity contribution in [3.63, 3.8) is 0 Å². The van der Waals surface area contributed by atoms with Crippen molar-refractivity contribution in [3.8, 4) is 0 Å². The Balaban J connectivity index is 0.00000385. The molecule has 1 unspecified atom stereocenters. The molecule has 0 saturated carbocycles. The van der Waals surface area contributed by atoms with E-state index in [4.69, 9.17) is 0 Å². The summed E-state index contributed by atoms with van der Waals surface area (Å²) >= 11 is 0. The number of urea groups is 1. The van der Waals surface area contributed by atoms with Crippen LogP contribution in [0.5, 0.6) is 0 Å². The van der Waals surface area contributed by atoms with Gasteiger partial charge in [0.05, 0.1) is 12.5 Å². The van der Waals surface area contributed by atoms with E-state index in [1.165, 1.54) is 24.2 Å². The fourth-order valence-electron chi connectivity index (χ4n) is 3.43. The van der Waals surface area contributed by atoms with Crippen molar-refractivity contribution < 1.29 is 24.3 Å². The van der Waals surface area contributed by atoms with Crippen molar-refractivity contribution in [1.82, 2.24) is 15.5 Å². The normalized spacial score (nSPS) is 16.1. The number of carbonyl (C=O) groups is 4. The SMILES string of the molecule is Cc1ccc(Cc2cccc([C@H](CC(=O)O)NC(=O)NC3C(=O)C=CN(C)C3=O)c2)cc1.[NaH]. The molecule has 0 saturated heterocycles. The first-order chi connectivity index (χ1) is 15.2. The van der Waals surface area contributed by atoms with Crippen molar-refractivity contribution in [2.75, 3.05) is 7.05 Å². The molecule has 168 valence electrons. The molecular weight excluding hydrogens is 433 g/mol. The molecule has 1 aliphatic rings. The molecule has 2 aromatic rings. The predicted molar refractivity (Wildman–Crippen MR) is 125 cm³/mol. The van der Waals surface area contributed by atoms with Crippen LogP contribution in [0.15, 0.2) is 60.8 Å². The van der Waals surface area contributed by atoms with Gasteiger partial charge in [-0.3, -0.25) is 14.4 Å². The summed E-state index contributed by atoms with van der Waals surface area (Å²) in [6.45, 7) is 2.01. The number of carboxylic acid groups (broad SMARTS) is 1. The number of aliphatic carboxylic acids is 1. The van der Waals surface area contributed by atoms with Gasteiger partial charge in [0.15, 0.2) is 11.8 Å². The van der Waals surface area contributed by atoms with E-state index in [1.807, 2.05) is 43.3 Å². The van der Waals surface area contributed by atoms with Gasteiger partial charge in [-0.05, 0) is 30.0 Å². The van der Waals surface area contributed by atoms with E-state index in [1.54, 1.807) is 12.1 Å². The Hall–Kier alpha value is -2.94. The summed E-state index contributed by atoms with van der Waals surface area (Å²) < 4.78 is 0. The van der Waals surface area contributed by atoms with Crippen LogP contribution < -0.4 is 10.6 Å². The molecule has 3 amide bonds. The zero-order valence-electron chi connectivity index (χ0n) is 17.9. The maximum absolute atomic E-state index is 12.5. The predicted octanol–water partition coefficient (Wildman–Crippen LogP) is 1.68. The number of carbonyl (C=O) groups excluding carboxylic acids is 3. The summed E-state index contributed by atoms with van der Waals surface area (Å²) in [7, 11) is 1.48. The van der Waals surface area contributed by atoms with Crippen molar-refractivity contribution in [2.24, 2.45) is 0 Å². The standard InChI is InChI=1S/C24H25N3O5.Na.H/c1-15-6-8-16(9-7-15)12-17-4-3-5-18(13-17)19(14-21(29)30)25-24(32)26-22-20(28)10-11-27(2)23(22)31;;/h3-11,13,19,22H,12,14H2,1-2H3,(H,29,30)(H2,25,26,32);;/t19-,22?;;/m0../s1. The molecule has 2 atom stereocenters. The second-order valence-corrected chi connectivity index (χ2v) is 7.78. The molecule has 1 heterocycles. The average molecular weight is 459 g/mol. The van der Waals surface area contributed by atoms with Crippen LogP contribution in [0.2, 0.25) is 0 Å². The number of hydrogen-bond acceptors (Lipinski definition) is 4. The molecular formula is C24H26N3NaO5. The van der Waals surface area contributed by atoms with Gasteiger partial charge in [0.1, 0.15) is 0 Å². The molecule has 8 nitrogen and oxygen atoms in total. The van der Waals surface area contributed by atoms with Gasteiger partial charge in [0.2, 0.25) is 0 Å². The van der Waals surface area contributed by atoms with Crippen LogP contribution in [0.1, 0.15) is 34.7 Å². The Bertz CT molecular complexity index is 1070. The Morgan fingerprint density at radius 2 is 1.79 bits per heavy atom. The zero-order chi connectivity index (χ0) is 23.3. The Labute approximate surface area is 214 Å². The first-order valence-electron chi connectivity index (χ1n) is 10.1. The fourth-order valence-corrected chi connectivity index (χ4v) is 3.43. The van der Waals surface area contributed by atoms with Crippen molar-refractivity contribution in [3.05, 3.63) is 83.1 Å². The van der Waals surface area contributed by atoms with Gasteiger partial charge in [-0.25, -0.2) is 4.79 Å². The Morgan fingerprint density at radius 1 is 1.09 bits per heavy atom. The van der Waals surface area contributed by atoms with E-state index in [0.717, 1.165) is 16.7 Å². The van der Waals surface area contributed by atoms with E-state index in [-0.39, 0.29) is 36.0 Å². The summed E-state index contributed by atoms with van der Waals surface area (Å²) in [5, 5.41) is 14.3. The number of aryl methyl sites for hydroxylation is 1. The molecule has 1 aliphatic heterocycles. The molecule has 3 N–H and O–H groups in total. The molecule has 9 heteroatoms. The minimum absolute atomic E-state index is 0. The topological polar surface area (TPSA) is 116 Å². The molecule has 0 aliphatic carbocycles. The number of rotatable bonds is 7. The summed E-state index contributed by atoms with van der Waals surface area (Å²) in [6.07, 6.45) is 2.83. The van der Waals surface area contributed by atoms with Crippen LogP contribution in [-0.2, 0) is 20.8 Å². The van der Waals surface area contributed by atoms with Crippen molar-refractivity contribution in [1.29, 1.82) is 0 Å². The number of carboxylic acids is 1. The van der Waals surface area contributed by atoms with Gasteiger partial charge in [0, 0.05) is 19.3 Å². The third-order valence-corrected chi connectivity index (χ3v) is 5.18. The molecule has 3 rings (SSSR count). The van der Waals surface area contributed by atoms with Gasteiger partial charge < -0.3 is 20.6 Å². The van der Waals surface area contributed by atoms with E-state index in [0.29, 0.717) is 12.0 Å². The number of ketones is 1. The molecule has 33 heavy (non-hydrogen) atoms. The van der Waals surface area contributed by atoms with E-state index in [2.05, 4.69) is 10.6 Å². The van der Waals surface area contributed by atoms with Gasteiger partial charge in [0.25, 0.3) is 5.91 Å². The van der Waals surface area contributed by atoms with Gasteiger partial charge in [-0.2, -0.15) is 0 Å². The first-order valence-corrected chi connectivity index (χ1v) is 10.1. The summed E-state index contributed by atoms with van der Waals surface area (Å²) in [6, 6.07) is 12.5. The third-order valence-electron chi connectivity index (χ3n) is 5.18. The van der Waals surface area contributed by atoms with Gasteiger partial charge >= 0.3 is 41.6 Å². The first kappa shape index (κ1) is 26.3. The quantitative estimate of drug-likeness (QED) is 0.430. The van der Waals surface area contributed by atoms with E-state index in [9.17, 15) is 24.3 Å². The van der Waals surface area contributed by atoms with E-state index >= 15 is 0 Å². The summed E-state index contributed by atoms with van der Waals surface area (Å²) in [4.78, 5) is 49.3. The minimum atomic E-state index is -1.34. The summed E-state index contributed by atoms with van der Waals surface area (Å²) in [5.41, 5.74) is 3.86. The van der Waals surface area contributed by atoms with Crippen LogP contribution >= 0.6 is 0 Å². The number of amides is 3. The fraction of sp³-hybridized carbons (Fsp3) is 0.250. The number of nitrogens with zero attached hydrogens (tertiary/aromatic N) is 1. The third kappa shape index (κ3) is 7.28. The molecule has 0 spiro atoms. The summed E-state index contributed by atoms with van der Waals surface area (Å²) in [5.74, 6) is -2.20. The van der Waals surface area contributed by atoms with Crippen LogP contribution in [0.25, 0.3) is 0 Å². The molecule has 0 radical (unpaired) electrons. The van der Waals surface area contributed by atoms with Crippen molar-refractivity contribution in [2.45, 2.75) is 31.8 Å². The van der Waals surface area contributed by atoms with Gasteiger partial charge in [-0.1, -0.05) is 54.1 Å². The second kappa shape index (κ2) is 11.8. The van der Waals surface area contributed by atoms with Crippen LogP contribution in [0.4, 0.5) is 4.79 Å². The van der Waals surface area contributed by atoms with Crippen LogP contribution in [0.3, 0.4) is 0 Å². The second-order valence-electron chi connectivity index (χ2n) is 7.78. The molecule has 0 fully saturated rings. The number of likely N-dealkylation sites (N-methyl/N-ethyl adjacent to an activating group) is 1. The van der Waals surface area contributed by atoms with Gasteiger partial charge in [-0.15, -0.1) is 0 Å². The van der Waals surface area contributed by atoms with Crippen molar-refractivity contribution >= 4 is 53.2 Å². The Kier molecular flexibility index (Phi) is 9.40. The number of benzene rings is 2. The monoisotopic (exact) mass is 459 g/mol. The zero-order valence-corrected chi connectivity index (χ0v) is 17.9. The molecule has 0 aromatic heterocycles.